The molecule has 0 spiro atoms. The lowest BCUT2D eigenvalue weighted by Crippen LogP contribution is -2.60. The molecule has 4 bridgehead atoms. The van der Waals surface area contributed by atoms with E-state index in [-0.39, 0.29) is 17.2 Å². The highest BCUT2D eigenvalue weighted by Crippen LogP contribution is 2.48. The highest BCUT2D eigenvalue weighted by Gasteiger charge is 2.47. The fraction of sp³-hybridized carbons (Fsp3) is 0.594. The second kappa shape index (κ2) is 9.78. The van der Waals surface area contributed by atoms with E-state index in [1.54, 1.807) is 12.3 Å². The number of H-pyrrole nitrogens is 1. The molecule has 2 saturated heterocycles. The van der Waals surface area contributed by atoms with Gasteiger partial charge in [0.1, 0.15) is 5.69 Å². The number of aromatic nitrogens is 3. The molecule has 4 heterocycles. The van der Waals surface area contributed by atoms with Crippen LogP contribution < -0.4 is 11.1 Å². The van der Waals surface area contributed by atoms with Crippen molar-refractivity contribution in [2.45, 2.75) is 102 Å². The maximum atomic E-state index is 14.1. The number of nitrogens with one attached hydrogen (secondary N) is 1. The lowest BCUT2D eigenvalue weighted by Gasteiger charge is -2.56. The Kier molecular flexibility index (Phi) is 6.26. The minimum atomic E-state index is -0.215. The van der Waals surface area contributed by atoms with Crippen LogP contribution in [0.2, 0.25) is 0 Å². The standard InChI is InChI=1S/C32H40N4O2/c1-20-10-11-24-18-26(19-29(20)35(24)25-15-21-6-2-3-7-22(14-21)16-25)36-28-9-5-4-8-27(28)34-31(32(36)38)23-12-13-33-30(37)17-23/h4-5,8-9,12-13,17,20-22,24-26,29H,2-3,6-7,10-11,14-16,18-19H2,1H3,(H,33,37)/t20-,21-,22+,24+,25?,26-,29+/m0/s1. The average Bonchev–Trinajstić information content (AvgIpc) is 3.09. The zero-order chi connectivity index (χ0) is 25.8. The van der Waals surface area contributed by atoms with E-state index < -0.39 is 0 Å². The minimum Gasteiger partial charge on any atom is -0.329 e. The number of para-hydroxylation sites is 2. The molecule has 200 valence electrons. The molecule has 1 unspecified atom stereocenters. The van der Waals surface area contributed by atoms with Crippen LogP contribution in [0, 0.1) is 17.8 Å². The summed E-state index contributed by atoms with van der Waals surface area (Å²) in [5, 5.41) is 0. The minimum absolute atomic E-state index is 0.0674. The Bertz CT molecular complexity index is 1430. The van der Waals surface area contributed by atoms with Gasteiger partial charge in [0.05, 0.1) is 11.0 Å². The number of pyridine rings is 1. The van der Waals surface area contributed by atoms with Gasteiger partial charge in [0.15, 0.2) is 0 Å². The van der Waals surface area contributed by atoms with Crippen LogP contribution in [-0.2, 0) is 0 Å². The van der Waals surface area contributed by atoms with E-state index in [1.807, 2.05) is 24.3 Å². The van der Waals surface area contributed by atoms with Crippen molar-refractivity contribution >= 4 is 11.0 Å². The van der Waals surface area contributed by atoms with Gasteiger partial charge < -0.3 is 9.55 Å². The molecule has 1 N–H and O–H groups in total. The van der Waals surface area contributed by atoms with Gasteiger partial charge in [-0.2, -0.15) is 0 Å². The Balaban J connectivity index is 1.27. The first-order chi connectivity index (χ1) is 18.5. The lowest BCUT2D eigenvalue weighted by molar-refractivity contribution is -0.0642. The molecule has 4 fully saturated rings. The van der Waals surface area contributed by atoms with Crippen molar-refractivity contribution in [3.05, 3.63) is 63.3 Å². The van der Waals surface area contributed by atoms with Gasteiger partial charge in [-0.25, -0.2) is 4.98 Å². The largest absolute Gasteiger partial charge is 0.329 e. The van der Waals surface area contributed by atoms with Crippen LogP contribution in [0.15, 0.2) is 52.2 Å². The second-order valence-electron chi connectivity index (χ2n) is 12.8. The van der Waals surface area contributed by atoms with Gasteiger partial charge in [0.25, 0.3) is 5.56 Å². The predicted molar refractivity (Wildman–Crippen MR) is 151 cm³/mol. The number of aromatic amines is 1. The van der Waals surface area contributed by atoms with Crippen LogP contribution in [0.1, 0.15) is 83.6 Å². The summed E-state index contributed by atoms with van der Waals surface area (Å²) in [4.78, 5) is 36.6. The monoisotopic (exact) mass is 512 g/mol. The first-order valence-electron chi connectivity index (χ1n) is 15.0. The maximum Gasteiger partial charge on any atom is 0.277 e. The van der Waals surface area contributed by atoms with Gasteiger partial charge in [-0.15, -0.1) is 0 Å². The summed E-state index contributed by atoms with van der Waals surface area (Å²) in [6.07, 6.45) is 16.1. The molecule has 3 aromatic rings. The molecular formula is C32H40N4O2. The van der Waals surface area contributed by atoms with Gasteiger partial charge in [-0.3, -0.25) is 14.5 Å². The first kappa shape index (κ1) is 24.3. The molecule has 4 aliphatic rings. The summed E-state index contributed by atoms with van der Waals surface area (Å²) in [5.74, 6) is 2.48. The van der Waals surface area contributed by atoms with E-state index in [2.05, 4.69) is 21.4 Å². The van der Waals surface area contributed by atoms with Gasteiger partial charge in [0.2, 0.25) is 5.56 Å². The van der Waals surface area contributed by atoms with E-state index in [0.29, 0.717) is 35.3 Å². The molecule has 38 heavy (non-hydrogen) atoms. The Morgan fingerprint density at radius 2 is 1.63 bits per heavy atom. The summed E-state index contributed by atoms with van der Waals surface area (Å²) < 4.78 is 2.05. The summed E-state index contributed by atoms with van der Waals surface area (Å²) >= 11 is 0. The van der Waals surface area contributed by atoms with Crippen LogP contribution in [0.3, 0.4) is 0 Å². The molecule has 6 nitrogen and oxygen atoms in total. The summed E-state index contributed by atoms with van der Waals surface area (Å²) in [7, 11) is 0. The first-order valence-corrected chi connectivity index (χ1v) is 15.0. The second-order valence-corrected chi connectivity index (χ2v) is 12.8. The number of benzene rings is 1. The Morgan fingerprint density at radius 1 is 0.842 bits per heavy atom. The Hall–Kier alpha value is -2.73. The molecule has 0 radical (unpaired) electrons. The fourth-order valence-corrected chi connectivity index (χ4v) is 8.83. The quantitative estimate of drug-likeness (QED) is 0.473. The average molecular weight is 513 g/mol. The molecule has 0 amide bonds. The summed E-state index contributed by atoms with van der Waals surface area (Å²) in [6.45, 7) is 2.45. The number of hydrogen-bond donors (Lipinski definition) is 1. The number of piperidine rings is 2. The summed E-state index contributed by atoms with van der Waals surface area (Å²) in [6, 6.07) is 13.2. The SMILES string of the molecule is C[C@H]1CC[C@@H]2C[C@H](n3c(=O)c(-c4cc[nH]c(=O)c4)nc4ccccc43)C[C@H]1N2C1C[C@H]2CCCC[C@@H](C1)C2. The number of hydrogen-bond acceptors (Lipinski definition) is 4. The van der Waals surface area contributed by atoms with Crippen LogP contribution in [0.4, 0.5) is 0 Å². The topological polar surface area (TPSA) is 71.0 Å². The molecular weight excluding hydrogens is 472 g/mol. The van der Waals surface area contributed by atoms with E-state index in [9.17, 15) is 9.59 Å². The Labute approximate surface area is 224 Å². The zero-order valence-electron chi connectivity index (χ0n) is 22.5. The molecule has 2 saturated carbocycles. The predicted octanol–water partition coefficient (Wildman–Crippen LogP) is 5.91. The van der Waals surface area contributed by atoms with Gasteiger partial charge in [-0.1, -0.05) is 44.7 Å². The molecule has 1 aromatic carbocycles. The van der Waals surface area contributed by atoms with Crippen LogP contribution >= 0.6 is 0 Å². The maximum absolute atomic E-state index is 14.1. The fourth-order valence-electron chi connectivity index (χ4n) is 8.83. The summed E-state index contributed by atoms with van der Waals surface area (Å²) in [5.41, 5.74) is 2.43. The van der Waals surface area contributed by atoms with Crippen molar-refractivity contribution in [2.24, 2.45) is 17.8 Å². The lowest BCUT2D eigenvalue weighted by atomic mass is 9.71. The van der Waals surface area contributed by atoms with Crippen molar-refractivity contribution in [1.82, 2.24) is 19.4 Å². The molecule has 7 rings (SSSR count). The van der Waals surface area contributed by atoms with Crippen molar-refractivity contribution in [2.75, 3.05) is 0 Å². The Morgan fingerprint density at radius 3 is 2.42 bits per heavy atom. The molecule has 7 atom stereocenters. The van der Waals surface area contributed by atoms with Gasteiger partial charge in [0, 0.05) is 42.0 Å². The third-order valence-corrected chi connectivity index (χ3v) is 10.5. The molecule has 2 aromatic heterocycles. The smallest absolute Gasteiger partial charge is 0.277 e. The van der Waals surface area contributed by atoms with E-state index in [0.717, 1.165) is 35.7 Å². The number of rotatable bonds is 3. The normalized spacial score (nSPS) is 33.7. The van der Waals surface area contributed by atoms with Crippen molar-refractivity contribution in [3.63, 3.8) is 0 Å². The zero-order valence-corrected chi connectivity index (χ0v) is 22.5. The van der Waals surface area contributed by atoms with Crippen LogP contribution in [-0.4, -0.2) is 37.6 Å². The third-order valence-electron chi connectivity index (χ3n) is 10.5. The number of nitrogens with zero attached hydrogens (tertiary/aromatic N) is 3. The van der Waals surface area contributed by atoms with Crippen LogP contribution in [0.25, 0.3) is 22.3 Å². The van der Waals surface area contributed by atoms with Crippen molar-refractivity contribution in [3.8, 4) is 11.3 Å². The highest BCUT2D eigenvalue weighted by molar-refractivity contribution is 5.78. The highest BCUT2D eigenvalue weighted by atomic mass is 16.1. The van der Waals surface area contributed by atoms with E-state index >= 15 is 0 Å². The molecule has 6 heteroatoms. The van der Waals surface area contributed by atoms with Gasteiger partial charge in [-0.05, 0) is 80.9 Å². The third kappa shape index (κ3) is 4.25. The van der Waals surface area contributed by atoms with Crippen LogP contribution in [0.5, 0.6) is 0 Å². The van der Waals surface area contributed by atoms with Crippen molar-refractivity contribution < 1.29 is 0 Å². The van der Waals surface area contributed by atoms with Gasteiger partial charge >= 0.3 is 0 Å². The van der Waals surface area contributed by atoms with Crippen molar-refractivity contribution in [1.29, 1.82) is 0 Å². The molecule has 2 aliphatic carbocycles. The van der Waals surface area contributed by atoms with E-state index in [4.69, 9.17) is 4.98 Å². The number of fused-ring (bicyclic) bond motifs is 5. The molecule has 2 aliphatic heterocycles. The van der Waals surface area contributed by atoms with E-state index in [1.165, 1.54) is 63.9 Å².